The van der Waals surface area contributed by atoms with Crippen molar-refractivity contribution in [3.8, 4) is 0 Å². The van der Waals surface area contributed by atoms with Crippen LogP contribution in [0.15, 0.2) is 0 Å². The maximum absolute atomic E-state index is 9.10. The number of rotatable bonds is 1. The summed E-state index contributed by atoms with van der Waals surface area (Å²) in [5.41, 5.74) is -2.01. The van der Waals surface area contributed by atoms with E-state index in [1.165, 1.54) is 0 Å². The first-order chi connectivity index (χ1) is 4.66. The minimum Gasteiger partial charge on any atom is -0.387 e. The van der Waals surface area contributed by atoms with Gasteiger partial charge in [0.05, 0.1) is 17.4 Å². The molecule has 0 aromatic rings. The van der Waals surface area contributed by atoms with Gasteiger partial charge in [0.15, 0.2) is 7.85 Å². The largest absolute Gasteiger partial charge is 0.387 e. The van der Waals surface area contributed by atoms with E-state index in [2.05, 4.69) is 7.85 Å². The van der Waals surface area contributed by atoms with Gasteiger partial charge in [0.2, 0.25) is 0 Å². The summed E-state index contributed by atoms with van der Waals surface area (Å²) in [4.78, 5) is 8.58. The molecule has 11 heavy (non-hydrogen) atoms. The Labute approximate surface area is 68.8 Å². The van der Waals surface area contributed by atoms with Crippen LogP contribution in [-0.2, 0) is 4.79 Å². The molecule has 4 heteroatoms. The normalized spacial score (nSPS) is 11.5. The first-order valence-electron chi connectivity index (χ1n) is 3.27. The third-order valence-corrected chi connectivity index (χ3v) is 1.50. The summed E-state index contributed by atoms with van der Waals surface area (Å²) in [6, 6.07) is 0. The second-order valence-electron chi connectivity index (χ2n) is 3.25. The molecule has 3 nitrogen and oxygen atoms in total. The van der Waals surface area contributed by atoms with Crippen molar-refractivity contribution < 1.29 is 15.0 Å². The highest BCUT2D eigenvalue weighted by Crippen LogP contribution is 2.19. The SMILES string of the molecule is CC(C)(O)C(C)(C)O.[B]C=O. The van der Waals surface area contributed by atoms with Crippen LogP contribution in [0.2, 0.25) is 0 Å². The van der Waals surface area contributed by atoms with Crippen molar-refractivity contribution in [3.05, 3.63) is 0 Å². The summed E-state index contributed by atoms with van der Waals surface area (Å²) in [5.74, 6) is 0. The monoisotopic (exact) mass is 158 g/mol. The molecule has 0 rings (SSSR count). The van der Waals surface area contributed by atoms with Crippen molar-refractivity contribution in [2.75, 3.05) is 0 Å². The highest BCUT2D eigenvalue weighted by atomic mass is 16.3. The maximum Gasteiger partial charge on any atom is 0.162 e. The summed E-state index contributed by atoms with van der Waals surface area (Å²) in [5, 5.41) is 18.2. The molecule has 0 unspecified atom stereocenters. The second-order valence-corrected chi connectivity index (χ2v) is 3.25. The number of carbonyl (C=O) groups excluding carboxylic acids is 1. The molecule has 0 aliphatic rings. The van der Waals surface area contributed by atoms with E-state index in [9.17, 15) is 0 Å². The maximum atomic E-state index is 9.10. The van der Waals surface area contributed by atoms with Crippen molar-refractivity contribution in [3.63, 3.8) is 0 Å². The molecule has 0 fully saturated rings. The molecular formula is C7H15BO3. The molecule has 0 aliphatic heterocycles. The minimum absolute atomic E-state index is 0.250. The molecule has 0 aromatic heterocycles. The molecule has 0 saturated heterocycles. The molecule has 0 heterocycles. The van der Waals surface area contributed by atoms with Gasteiger partial charge in [-0.3, -0.25) is 0 Å². The van der Waals surface area contributed by atoms with Crippen molar-refractivity contribution >= 4 is 14.0 Å². The van der Waals surface area contributed by atoms with Gasteiger partial charge < -0.3 is 15.0 Å². The highest BCUT2D eigenvalue weighted by Gasteiger charge is 2.31. The van der Waals surface area contributed by atoms with E-state index in [0.29, 0.717) is 0 Å². The standard InChI is InChI=1S/C6H14O2.CHBO/c1-5(2,7)6(3,4)8;2-1-3/h7-8H,1-4H3;1H. The molecule has 0 atom stereocenters. The summed E-state index contributed by atoms with van der Waals surface area (Å²) < 4.78 is 0. The van der Waals surface area contributed by atoms with Crippen molar-refractivity contribution in [1.29, 1.82) is 0 Å². The van der Waals surface area contributed by atoms with Gasteiger partial charge in [-0.25, -0.2) is 0 Å². The van der Waals surface area contributed by atoms with E-state index >= 15 is 0 Å². The Morgan fingerprint density at radius 1 is 1.09 bits per heavy atom. The molecule has 0 spiro atoms. The zero-order valence-electron chi connectivity index (χ0n) is 7.46. The van der Waals surface area contributed by atoms with Crippen LogP contribution in [0.3, 0.4) is 0 Å². The van der Waals surface area contributed by atoms with Crippen LogP contribution in [0.5, 0.6) is 0 Å². The summed E-state index contributed by atoms with van der Waals surface area (Å²) in [6.07, 6.45) is 0.250. The van der Waals surface area contributed by atoms with Gasteiger partial charge in [-0.05, 0) is 27.7 Å². The summed E-state index contributed by atoms with van der Waals surface area (Å²) >= 11 is 0. The van der Waals surface area contributed by atoms with Crippen LogP contribution < -0.4 is 0 Å². The molecule has 0 aliphatic carbocycles. The van der Waals surface area contributed by atoms with E-state index < -0.39 is 11.2 Å². The summed E-state index contributed by atoms with van der Waals surface area (Å²) in [7, 11) is 4.17. The fourth-order valence-electron chi connectivity index (χ4n) is 0. The molecule has 0 bridgehead atoms. The molecule has 2 N–H and O–H groups in total. The van der Waals surface area contributed by atoms with E-state index in [1.54, 1.807) is 27.7 Å². The smallest absolute Gasteiger partial charge is 0.162 e. The van der Waals surface area contributed by atoms with Crippen LogP contribution in [0, 0.1) is 0 Å². The minimum atomic E-state index is -1.01. The predicted octanol–water partition coefficient (Wildman–Crippen LogP) is -0.127. The molecule has 0 aromatic carbocycles. The van der Waals surface area contributed by atoms with Crippen LogP contribution in [0.4, 0.5) is 0 Å². The van der Waals surface area contributed by atoms with Crippen molar-refractivity contribution in [1.82, 2.24) is 0 Å². The number of aliphatic hydroxyl groups is 2. The lowest BCUT2D eigenvalue weighted by atomic mass is 9.90. The van der Waals surface area contributed by atoms with Crippen molar-refractivity contribution in [2.45, 2.75) is 38.9 Å². The van der Waals surface area contributed by atoms with Gasteiger partial charge in [-0.15, -0.1) is 0 Å². The van der Waals surface area contributed by atoms with Gasteiger partial charge in [-0.1, -0.05) is 0 Å². The Bertz CT molecular complexity index is 97.8. The molecular weight excluding hydrogens is 143 g/mol. The first-order valence-corrected chi connectivity index (χ1v) is 3.27. The van der Waals surface area contributed by atoms with Crippen LogP contribution in [-0.4, -0.2) is 35.4 Å². The summed E-state index contributed by atoms with van der Waals surface area (Å²) in [6.45, 7) is 6.31. The lowest BCUT2D eigenvalue weighted by molar-refractivity contribution is -0.107. The van der Waals surface area contributed by atoms with Crippen LogP contribution in [0.1, 0.15) is 27.7 Å². The van der Waals surface area contributed by atoms with Gasteiger partial charge in [0.25, 0.3) is 0 Å². The zero-order chi connectivity index (χ0) is 9.71. The van der Waals surface area contributed by atoms with Gasteiger partial charge >= 0.3 is 0 Å². The molecule has 64 valence electrons. The molecule has 0 saturated carbocycles. The fourth-order valence-corrected chi connectivity index (χ4v) is 0. The zero-order valence-corrected chi connectivity index (χ0v) is 7.46. The molecule has 0 amide bonds. The predicted molar refractivity (Wildman–Crippen MR) is 45.1 cm³/mol. The highest BCUT2D eigenvalue weighted by molar-refractivity contribution is 6.48. The van der Waals surface area contributed by atoms with E-state index in [0.717, 1.165) is 0 Å². The number of hydrogen-bond donors (Lipinski definition) is 2. The average Bonchev–Trinajstić information content (AvgIpc) is 1.60. The quantitative estimate of drug-likeness (QED) is 0.413. The molecule has 2 radical (unpaired) electrons. The number of hydrogen-bond acceptors (Lipinski definition) is 3. The Morgan fingerprint density at radius 3 is 1.18 bits per heavy atom. The van der Waals surface area contributed by atoms with E-state index in [-0.39, 0.29) is 6.19 Å². The average molecular weight is 158 g/mol. The van der Waals surface area contributed by atoms with Crippen LogP contribution in [0.25, 0.3) is 0 Å². The third-order valence-electron chi connectivity index (χ3n) is 1.50. The first kappa shape index (κ1) is 13.3. The number of carbonyl (C=O) groups is 1. The Kier molecular flexibility index (Phi) is 5.44. The Morgan fingerprint density at radius 2 is 1.18 bits per heavy atom. The third kappa shape index (κ3) is 7.55. The van der Waals surface area contributed by atoms with Crippen molar-refractivity contribution in [2.24, 2.45) is 0 Å². The Balaban J connectivity index is 0. The van der Waals surface area contributed by atoms with E-state index in [4.69, 9.17) is 15.0 Å². The topological polar surface area (TPSA) is 57.5 Å². The lowest BCUT2D eigenvalue weighted by Crippen LogP contribution is -2.44. The van der Waals surface area contributed by atoms with Gasteiger partial charge in [0, 0.05) is 0 Å². The van der Waals surface area contributed by atoms with Gasteiger partial charge in [0.1, 0.15) is 0 Å². The lowest BCUT2D eigenvalue weighted by Gasteiger charge is -2.31. The second kappa shape index (κ2) is 4.52. The van der Waals surface area contributed by atoms with E-state index in [1.807, 2.05) is 0 Å². The van der Waals surface area contributed by atoms with Crippen LogP contribution >= 0.6 is 0 Å². The fraction of sp³-hybridized carbons (Fsp3) is 0.857. The van der Waals surface area contributed by atoms with Gasteiger partial charge in [-0.2, -0.15) is 0 Å². The Hall–Kier alpha value is -0.345.